The highest BCUT2D eigenvalue weighted by Crippen LogP contribution is 2.45. The van der Waals surface area contributed by atoms with Gasteiger partial charge in [0.1, 0.15) is 32.3 Å². The van der Waals surface area contributed by atoms with Crippen LogP contribution in [0.2, 0.25) is 66.5 Å². The van der Waals surface area contributed by atoms with Gasteiger partial charge in [-0.3, -0.25) is 0 Å². The van der Waals surface area contributed by atoms with Gasteiger partial charge in [0.2, 0.25) is 0 Å². The van der Waals surface area contributed by atoms with Crippen molar-refractivity contribution in [1.82, 2.24) is 0 Å². The zero-order chi connectivity index (χ0) is 65.3. The van der Waals surface area contributed by atoms with Crippen LogP contribution in [0.5, 0.6) is 0 Å². The molecule has 0 radical (unpaired) electrons. The first-order chi connectivity index (χ1) is 41.6. The Bertz CT molecular complexity index is 3160. The zero-order valence-corrected chi connectivity index (χ0v) is 62.5. The number of rotatable bonds is 16. The van der Waals surface area contributed by atoms with Gasteiger partial charge in [0.05, 0.1) is 33.4 Å². The van der Waals surface area contributed by atoms with Gasteiger partial charge in [0.25, 0.3) is 0 Å². The van der Waals surface area contributed by atoms with Gasteiger partial charge in [-0.15, -0.1) is 22.2 Å². The molecule has 4 heteroatoms. The normalized spacial score (nSPS) is 12.9. The molecule has 4 aromatic carbocycles. The molecule has 0 saturated carbocycles. The molecule has 0 unspecified atom stereocenters. The minimum atomic E-state index is -2.32. The summed E-state index contributed by atoms with van der Waals surface area (Å²) in [6.07, 6.45) is 0. The van der Waals surface area contributed by atoms with Crippen LogP contribution in [0.1, 0.15) is 188 Å². The average Bonchev–Trinajstić information content (AvgIpc) is 1.59. The third-order valence-electron chi connectivity index (χ3n) is 19.6. The molecule has 0 fully saturated rings. The SMILES string of the molecule is CC(C)[Si](C#CC(C#C[Si](C(C)C)(C(C)C)C(C)C)=C1C#CC(=C(c2ccccc2)c2ccccc2)C#CC(=C(C#C[Si](C(C)C)(C(C)C)C(C)C)C#C[Si](C(C)C)(C(C)C)C(C)C)C#CC(=C(c2ccccc2)c2ccccc2)C#C1)(C(C)C)C(C)C. The first kappa shape index (κ1) is 71.9. The Morgan fingerprint density at radius 3 is 0.523 bits per heavy atom. The van der Waals surface area contributed by atoms with E-state index in [1.165, 1.54) is 0 Å². The fourth-order valence-corrected chi connectivity index (χ4v) is 36.0. The maximum atomic E-state index is 4.12. The summed E-state index contributed by atoms with van der Waals surface area (Å²) in [5, 5.41) is 0. The van der Waals surface area contributed by atoms with Crippen LogP contribution in [0.3, 0.4) is 0 Å². The molecule has 0 atom stereocenters. The maximum Gasteiger partial charge on any atom is 0.146 e. The molecule has 0 amide bonds. The lowest BCUT2D eigenvalue weighted by atomic mass is 9.92. The molecule has 88 heavy (non-hydrogen) atoms. The van der Waals surface area contributed by atoms with Crippen molar-refractivity contribution in [3.05, 3.63) is 177 Å². The second-order valence-corrected chi connectivity index (χ2v) is 50.4. The molecule has 1 aliphatic rings. The molecule has 0 bridgehead atoms. The largest absolute Gasteiger partial charge is 0.146 e. The van der Waals surface area contributed by atoms with E-state index >= 15 is 0 Å². The minimum absolute atomic E-state index is 0.401. The van der Waals surface area contributed by atoms with E-state index in [9.17, 15) is 0 Å². The van der Waals surface area contributed by atoms with Gasteiger partial charge in [0.15, 0.2) is 0 Å². The van der Waals surface area contributed by atoms with Gasteiger partial charge in [0, 0.05) is 11.1 Å². The molecule has 0 spiro atoms. The summed E-state index contributed by atoms with van der Waals surface area (Å²) < 4.78 is 0. The highest BCUT2D eigenvalue weighted by atomic mass is 28.3. The molecular formula is C84H104Si4. The van der Waals surface area contributed by atoms with Crippen molar-refractivity contribution in [2.24, 2.45) is 0 Å². The lowest BCUT2D eigenvalue weighted by molar-refractivity contribution is 0.838. The van der Waals surface area contributed by atoms with Crippen LogP contribution in [-0.4, -0.2) is 32.3 Å². The molecule has 0 saturated heterocycles. The first-order valence-electron chi connectivity index (χ1n) is 33.0. The number of allylic oxidation sites excluding steroid dienone is 6. The van der Waals surface area contributed by atoms with Crippen LogP contribution in [0.25, 0.3) is 11.1 Å². The van der Waals surface area contributed by atoms with Gasteiger partial charge < -0.3 is 0 Å². The molecule has 4 aromatic rings. The van der Waals surface area contributed by atoms with Gasteiger partial charge in [-0.2, -0.15) is 0 Å². The van der Waals surface area contributed by atoms with Crippen LogP contribution >= 0.6 is 0 Å². The van der Waals surface area contributed by atoms with Crippen molar-refractivity contribution in [3.63, 3.8) is 0 Å². The summed E-state index contributed by atoms with van der Waals surface area (Å²) >= 11 is 0. The summed E-state index contributed by atoms with van der Waals surface area (Å²) in [5.74, 6) is 46.0. The van der Waals surface area contributed by atoms with Crippen LogP contribution < -0.4 is 0 Å². The van der Waals surface area contributed by atoms with Crippen LogP contribution in [0.15, 0.2) is 155 Å². The van der Waals surface area contributed by atoms with Crippen molar-refractivity contribution in [1.29, 1.82) is 0 Å². The van der Waals surface area contributed by atoms with E-state index in [4.69, 9.17) is 0 Å². The fraction of sp³-hybridized carbons (Fsp3) is 0.429. The third kappa shape index (κ3) is 16.1. The predicted molar refractivity (Wildman–Crippen MR) is 398 cm³/mol. The quantitative estimate of drug-likeness (QED) is 0.0775. The Morgan fingerprint density at radius 2 is 0.375 bits per heavy atom. The number of benzene rings is 4. The first-order valence-corrected chi connectivity index (χ1v) is 41.9. The molecule has 0 heterocycles. The fourth-order valence-electron chi connectivity index (χ4n) is 15.2. The summed E-state index contributed by atoms with van der Waals surface area (Å²) in [6, 6.07) is 42.2. The highest BCUT2D eigenvalue weighted by molar-refractivity contribution is 6.92. The summed E-state index contributed by atoms with van der Waals surface area (Å²) in [4.78, 5) is 0. The molecule has 1 aliphatic carbocycles. The Hall–Kier alpha value is -6.81. The third-order valence-corrected chi connectivity index (χ3v) is 44.7. The van der Waals surface area contributed by atoms with Gasteiger partial charge in [-0.05, 0) is 112 Å². The second kappa shape index (κ2) is 32.1. The Morgan fingerprint density at radius 1 is 0.227 bits per heavy atom. The molecule has 0 aliphatic heterocycles. The van der Waals surface area contributed by atoms with Crippen molar-refractivity contribution in [2.45, 2.75) is 233 Å². The monoisotopic (exact) mass is 1220 g/mol. The van der Waals surface area contributed by atoms with Crippen molar-refractivity contribution < 1.29 is 0 Å². The van der Waals surface area contributed by atoms with E-state index < -0.39 is 32.3 Å². The average molecular weight is 1230 g/mol. The van der Waals surface area contributed by atoms with E-state index in [0.29, 0.717) is 99.9 Å². The lowest BCUT2D eigenvalue weighted by Crippen LogP contribution is -2.43. The Kier molecular flexibility index (Phi) is 26.2. The van der Waals surface area contributed by atoms with Crippen LogP contribution in [0, 0.1) is 93.2 Å². The summed E-state index contributed by atoms with van der Waals surface area (Å²) in [5.41, 5.74) is 30.9. The summed E-state index contributed by atoms with van der Waals surface area (Å²) in [7, 11) is -9.27. The van der Waals surface area contributed by atoms with Gasteiger partial charge in [-0.1, -0.05) is 335 Å². The van der Waals surface area contributed by atoms with Gasteiger partial charge >= 0.3 is 0 Å². The number of hydrogen-bond acceptors (Lipinski definition) is 0. The zero-order valence-electron chi connectivity index (χ0n) is 58.5. The molecule has 0 nitrogen and oxygen atoms in total. The van der Waals surface area contributed by atoms with Crippen LogP contribution in [-0.2, 0) is 0 Å². The summed E-state index contributed by atoms with van der Waals surface area (Å²) in [6.45, 7) is 57.0. The molecular weight excluding hydrogens is 1120 g/mol. The van der Waals surface area contributed by atoms with Crippen LogP contribution in [0.4, 0.5) is 0 Å². The molecule has 0 aromatic heterocycles. The van der Waals surface area contributed by atoms with Crippen molar-refractivity contribution in [3.8, 4) is 93.2 Å². The smallest absolute Gasteiger partial charge is 0.124 e. The highest BCUT2D eigenvalue weighted by Gasteiger charge is 2.45. The molecule has 0 N–H and O–H groups in total. The molecule has 5 rings (SSSR count). The van der Waals surface area contributed by atoms with Crippen molar-refractivity contribution >= 4 is 43.4 Å². The van der Waals surface area contributed by atoms with Crippen molar-refractivity contribution in [2.75, 3.05) is 0 Å². The second-order valence-electron chi connectivity index (χ2n) is 28.1. The van der Waals surface area contributed by atoms with Gasteiger partial charge in [-0.25, -0.2) is 0 Å². The van der Waals surface area contributed by atoms with E-state index in [-0.39, 0.29) is 0 Å². The topological polar surface area (TPSA) is 0 Å². The standard InChI is InChI=1S/C84H104Si4/c1-61(2)85(62(3)4,63(5)6)57-53-75(54-58-86(64(7)8,65(9)10)66(11)12)73-45-49-81(83(77-37-29-25-30-38-77)78-39-31-26-32-40-78)51-47-74(48-52-82(50-46-73)84(79-41-33-27-34-42-79)80-43-35-28-36-44-80)76(55-59-87(67(13)14,68(15)16)69(17)18)56-60-88(70(19)20,71(21)22)72(23)24/h25-44,61-72H,1-24H3. The van der Waals surface area contributed by atoms with E-state index in [2.05, 4.69) is 381 Å². The lowest BCUT2D eigenvalue weighted by Gasteiger charge is -2.38. The molecule has 456 valence electrons. The van der Waals surface area contributed by atoms with E-state index in [0.717, 1.165) is 33.4 Å². The Labute approximate surface area is 542 Å². The van der Waals surface area contributed by atoms with E-state index in [1.807, 2.05) is 0 Å². The minimum Gasteiger partial charge on any atom is -0.124 e. The van der Waals surface area contributed by atoms with E-state index in [1.54, 1.807) is 0 Å². The predicted octanol–water partition coefficient (Wildman–Crippen LogP) is 22.5. The number of hydrogen-bond donors (Lipinski definition) is 0. The Balaban J connectivity index is 2.33. The maximum absolute atomic E-state index is 4.12.